The first-order chi connectivity index (χ1) is 16.2. The van der Waals surface area contributed by atoms with Crippen LogP contribution in [-0.4, -0.2) is 24.7 Å². The molecule has 0 radical (unpaired) electrons. The molecular weight excluding hydrogens is 447 g/mol. The van der Waals surface area contributed by atoms with Crippen molar-refractivity contribution in [2.24, 2.45) is 0 Å². The summed E-state index contributed by atoms with van der Waals surface area (Å²) in [7, 11) is 0. The summed E-state index contributed by atoms with van der Waals surface area (Å²) in [4.78, 5) is 0. The summed E-state index contributed by atoms with van der Waals surface area (Å²) < 4.78 is 17.1. The molecule has 176 valence electrons. The number of thiocarbonyl (C=S) groups is 1. The van der Waals surface area contributed by atoms with Gasteiger partial charge < -0.3 is 10.6 Å². The van der Waals surface area contributed by atoms with E-state index in [2.05, 4.69) is 46.9 Å². The van der Waals surface area contributed by atoms with E-state index in [-0.39, 0.29) is 5.82 Å². The van der Waals surface area contributed by atoms with E-state index in [1.807, 2.05) is 37.1 Å². The third kappa shape index (κ3) is 5.17. The van der Waals surface area contributed by atoms with Gasteiger partial charge in [0.15, 0.2) is 5.11 Å². The molecule has 0 amide bonds. The van der Waals surface area contributed by atoms with E-state index in [1.165, 1.54) is 23.3 Å². The largest absolute Gasteiger partial charge is 0.329 e. The van der Waals surface area contributed by atoms with Crippen molar-refractivity contribution in [1.29, 1.82) is 0 Å². The van der Waals surface area contributed by atoms with Crippen molar-refractivity contribution in [1.82, 2.24) is 19.6 Å². The molecule has 2 heterocycles. The lowest BCUT2D eigenvalue weighted by molar-refractivity contribution is 0.622. The minimum absolute atomic E-state index is 0.247. The number of hydrogen-bond acceptors (Lipinski definition) is 3. The summed E-state index contributed by atoms with van der Waals surface area (Å²) in [5.74, 6) is -0.247. The molecule has 34 heavy (non-hydrogen) atoms. The van der Waals surface area contributed by atoms with Crippen molar-refractivity contribution in [2.75, 3.05) is 10.6 Å². The molecule has 2 aromatic heterocycles. The fourth-order valence-corrected chi connectivity index (χ4v) is 4.27. The van der Waals surface area contributed by atoms with E-state index >= 15 is 0 Å². The molecule has 0 spiro atoms. The highest BCUT2D eigenvalue weighted by molar-refractivity contribution is 7.80. The first kappa shape index (κ1) is 23.6. The highest BCUT2D eigenvalue weighted by Gasteiger charge is 2.16. The van der Waals surface area contributed by atoms with Crippen LogP contribution < -0.4 is 10.6 Å². The molecular formula is C26H29FN6S. The van der Waals surface area contributed by atoms with Gasteiger partial charge in [-0.15, -0.1) is 0 Å². The van der Waals surface area contributed by atoms with Crippen molar-refractivity contribution >= 4 is 28.7 Å². The van der Waals surface area contributed by atoms with Crippen LogP contribution in [0.1, 0.15) is 39.5 Å². The van der Waals surface area contributed by atoms with Crippen LogP contribution in [0.4, 0.5) is 15.8 Å². The summed E-state index contributed by atoms with van der Waals surface area (Å²) >= 11 is 5.63. The molecule has 8 heteroatoms. The van der Waals surface area contributed by atoms with Crippen LogP contribution in [0, 0.1) is 40.4 Å². The molecule has 0 aliphatic heterocycles. The van der Waals surface area contributed by atoms with Gasteiger partial charge in [0.05, 0.1) is 47.2 Å². The van der Waals surface area contributed by atoms with Gasteiger partial charge in [-0.1, -0.05) is 42.0 Å². The zero-order chi connectivity index (χ0) is 24.4. The Morgan fingerprint density at radius 2 is 1.32 bits per heavy atom. The van der Waals surface area contributed by atoms with E-state index in [9.17, 15) is 4.39 Å². The average Bonchev–Trinajstić information content (AvgIpc) is 3.19. The molecule has 4 rings (SSSR count). The van der Waals surface area contributed by atoms with Crippen LogP contribution in [0.2, 0.25) is 0 Å². The van der Waals surface area contributed by atoms with E-state index in [1.54, 1.807) is 12.1 Å². The van der Waals surface area contributed by atoms with Gasteiger partial charge >= 0.3 is 0 Å². The summed E-state index contributed by atoms with van der Waals surface area (Å²) in [6, 6.07) is 14.9. The Kier molecular flexibility index (Phi) is 6.79. The predicted octanol–water partition coefficient (Wildman–Crippen LogP) is 5.67. The number of nitrogens with one attached hydrogen (secondary N) is 2. The van der Waals surface area contributed by atoms with Crippen molar-refractivity contribution in [2.45, 2.75) is 47.7 Å². The van der Waals surface area contributed by atoms with E-state index in [0.29, 0.717) is 18.2 Å². The maximum absolute atomic E-state index is 13.2. The highest BCUT2D eigenvalue weighted by atomic mass is 32.1. The maximum atomic E-state index is 13.2. The minimum atomic E-state index is -0.247. The Bertz CT molecular complexity index is 1340. The van der Waals surface area contributed by atoms with Gasteiger partial charge in [-0.3, -0.25) is 9.36 Å². The quantitative estimate of drug-likeness (QED) is 0.351. The van der Waals surface area contributed by atoms with Crippen molar-refractivity contribution < 1.29 is 4.39 Å². The smallest absolute Gasteiger partial charge is 0.175 e. The Hall–Kier alpha value is -3.52. The fraction of sp³-hybridized carbons (Fsp3) is 0.269. The summed E-state index contributed by atoms with van der Waals surface area (Å²) in [6.07, 6.45) is 0. The fourth-order valence-electron chi connectivity index (χ4n) is 4.07. The number of hydrogen-bond donors (Lipinski definition) is 2. The Morgan fingerprint density at radius 1 is 0.794 bits per heavy atom. The van der Waals surface area contributed by atoms with Crippen LogP contribution in [0.3, 0.4) is 0 Å². The lowest BCUT2D eigenvalue weighted by atomic mass is 10.1. The van der Waals surface area contributed by atoms with Gasteiger partial charge in [-0.2, -0.15) is 10.2 Å². The number of rotatable bonds is 6. The molecule has 0 saturated heterocycles. The van der Waals surface area contributed by atoms with Crippen LogP contribution >= 0.6 is 12.2 Å². The molecule has 2 N–H and O–H groups in total. The minimum Gasteiger partial charge on any atom is -0.329 e. The van der Waals surface area contributed by atoms with Gasteiger partial charge in [0.1, 0.15) is 5.82 Å². The molecule has 0 saturated carbocycles. The van der Waals surface area contributed by atoms with Crippen molar-refractivity contribution in [3.63, 3.8) is 0 Å². The zero-order valence-corrected chi connectivity index (χ0v) is 20.9. The standard InChI is InChI=1S/C26H29FN6S/c1-16-7-6-8-22(13-16)15-33-20(5)25(18(3)31-33)29-26(34)28-24-17(2)30-32(19(24)4)14-21-9-11-23(27)12-10-21/h6-13H,14-15H2,1-5H3,(H2,28,29,34). The number of halogens is 1. The first-order valence-electron chi connectivity index (χ1n) is 11.2. The zero-order valence-electron chi connectivity index (χ0n) is 20.1. The van der Waals surface area contributed by atoms with Gasteiger partial charge in [-0.05, 0) is 70.1 Å². The molecule has 6 nitrogen and oxygen atoms in total. The molecule has 4 aromatic rings. The Morgan fingerprint density at radius 3 is 1.85 bits per heavy atom. The second-order valence-corrected chi connectivity index (χ2v) is 9.01. The first-order valence-corrected chi connectivity index (χ1v) is 11.6. The molecule has 0 atom stereocenters. The Balaban J connectivity index is 1.47. The third-order valence-electron chi connectivity index (χ3n) is 5.90. The third-order valence-corrected chi connectivity index (χ3v) is 6.10. The van der Waals surface area contributed by atoms with E-state index < -0.39 is 0 Å². The maximum Gasteiger partial charge on any atom is 0.175 e. The van der Waals surface area contributed by atoms with Gasteiger partial charge in [0.25, 0.3) is 0 Å². The Labute approximate surface area is 204 Å². The molecule has 0 aliphatic carbocycles. The molecule has 2 aromatic carbocycles. The topological polar surface area (TPSA) is 59.7 Å². The number of benzene rings is 2. The highest BCUT2D eigenvalue weighted by Crippen LogP contribution is 2.24. The number of aromatic nitrogens is 4. The van der Waals surface area contributed by atoms with Crippen LogP contribution in [0.5, 0.6) is 0 Å². The number of nitrogens with zero attached hydrogens (tertiary/aromatic N) is 4. The molecule has 0 unspecified atom stereocenters. The number of anilines is 2. The lowest BCUT2D eigenvalue weighted by Gasteiger charge is -2.12. The van der Waals surface area contributed by atoms with Crippen molar-refractivity contribution in [3.05, 3.63) is 93.8 Å². The van der Waals surface area contributed by atoms with E-state index in [4.69, 9.17) is 17.3 Å². The van der Waals surface area contributed by atoms with Gasteiger partial charge in [0.2, 0.25) is 0 Å². The van der Waals surface area contributed by atoms with Crippen molar-refractivity contribution in [3.8, 4) is 0 Å². The molecule has 0 aliphatic rings. The predicted molar refractivity (Wildman–Crippen MR) is 139 cm³/mol. The van der Waals surface area contributed by atoms with Crippen LogP contribution in [0.25, 0.3) is 0 Å². The van der Waals surface area contributed by atoms with Gasteiger partial charge in [0, 0.05) is 0 Å². The normalized spacial score (nSPS) is 11.0. The lowest BCUT2D eigenvalue weighted by Crippen LogP contribution is -2.21. The number of aryl methyl sites for hydroxylation is 3. The molecule has 0 bridgehead atoms. The monoisotopic (exact) mass is 476 g/mol. The molecule has 0 fully saturated rings. The SMILES string of the molecule is Cc1cccc(Cn2nc(C)c(NC(=S)Nc3c(C)nn(Cc4ccc(F)cc4)c3C)c2C)c1. The second kappa shape index (κ2) is 9.77. The summed E-state index contributed by atoms with van der Waals surface area (Å²) in [5.41, 5.74) is 8.87. The second-order valence-electron chi connectivity index (χ2n) is 8.60. The average molecular weight is 477 g/mol. The summed E-state index contributed by atoms with van der Waals surface area (Å²) in [6.45, 7) is 11.3. The van der Waals surface area contributed by atoms with Crippen LogP contribution in [0.15, 0.2) is 48.5 Å². The van der Waals surface area contributed by atoms with Gasteiger partial charge in [-0.25, -0.2) is 4.39 Å². The summed E-state index contributed by atoms with van der Waals surface area (Å²) in [5, 5.41) is 16.5. The van der Waals surface area contributed by atoms with Crippen LogP contribution in [-0.2, 0) is 13.1 Å². The van der Waals surface area contributed by atoms with E-state index in [0.717, 1.165) is 39.7 Å².